The van der Waals surface area contributed by atoms with Gasteiger partial charge in [-0.25, -0.2) is 27.8 Å². The van der Waals surface area contributed by atoms with Crippen molar-refractivity contribution < 1.29 is 32.9 Å². The smallest absolute Gasteiger partial charge is 0.194 e. The van der Waals surface area contributed by atoms with Crippen LogP contribution in [0.5, 0.6) is 0 Å². The third kappa shape index (κ3) is 5.27. The van der Waals surface area contributed by atoms with Crippen molar-refractivity contribution in [2.45, 2.75) is 57.3 Å². The highest BCUT2D eigenvalue weighted by Crippen LogP contribution is 2.42. The molecule has 3 aromatic heterocycles. The van der Waals surface area contributed by atoms with Gasteiger partial charge in [-0.2, -0.15) is 10.2 Å². The van der Waals surface area contributed by atoms with Gasteiger partial charge in [-0.05, 0) is 66.5 Å². The predicted octanol–water partition coefficient (Wildman–Crippen LogP) is 4.98. The van der Waals surface area contributed by atoms with Crippen LogP contribution in [0, 0.1) is 31.3 Å². The molecule has 1 aliphatic rings. The van der Waals surface area contributed by atoms with Gasteiger partial charge in [0.25, 0.3) is 0 Å². The molecule has 2 aromatic carbocycles. The molecule has 0 saturated carbocycles. The summed E-state index contributed by atoms with van der Waals surface area (Å²) < 4.78 is 58.1. The van der Waals surface area contributed by atoms with Crippen LogP contribution in [0.3, 0.4) is 0 Å². The summed E-state index contributed by atoms with van der Waals surface area (Å²) in [5.41, 5.74) is 1.78. The zero-order valence-corrected chi connectivity index (χ0v) is 25.6. The standard InChI is InChI=1S/C28H26BrF3N6O4S/c1-11(39)25-26(41-4)23(37-10-15(9-33-37)14-5-17(30)22(32)18(31)6-14)24(40)27(42-25)28-34-12(2)36-38(28)20-8-21-19(7-16(20)29)35-13(3)43-21/h5-11,23-27,39-40H,1-4H3/t11?,23?,24?,25?,26-,27-/m1/s1. The number of nitrogens with zero attached hydrogens (tertiary/aromatic N) is 6. The Bertz CT molecular complexity index is 1800. The minimum Gasteiger partial charge on any atom is -0.391 e. The van der Waals surface area contributed by atoms with Gasteiger partial charge in [0.05, 0.1) is 33.2 Å². The highest BCUT2D eigenvalue weighted by molar-refractivity contribution is 9.10. The largest absolute Gasteiger partial charge is 0.391 e. The molecule has 0 spiro atoms. The third-order valence-electron chi connectivity index (χ3n) is 7.38. The van der Waals surface area contributed by atoms with Crippen LogP contribution in [0.15, 0.2) is 41.1 Å². The monoisotopic (exact) mass is 678 g/mol. The van der Waals surface area contributed by atoms with Crippen LogP contribution >= 0.6 is 27.3 Å². The van der Waals surface area contributed by atoms with Crippen molar-refractivity contribution in [3.63, 3.8) is 0 Å². The maximum Gasteiger partial charge on any atom is 0.194 e. The van der Waals surface area contributed by atoms with E-state index < -0.39 is 54.0 Å². The third-order valence-corrected chi connectivity index (χ3v) is 8.95. The number of aliphatic hydroxyl groups is 2. The summed E-state index contributed by atoms with van der Waals surface area (Å²) in [6.45, 7) is 5.16. The zero-order chi connectivity index (χ0) is 30.7. The summed E-state index contributed by atoms with van der Waals surface area (Å²) in [5.74, 6) is -3.57. The average Bonchev–Trinajstić information content (AvgIpc) is 3.68. The molecule has 43 heavy (non-hydrogen) atoms. The average molecular weight is 680 g/mol. The van der Waals surface area contributed by atoms with E-state index in [0.717, 1.165) is 27.4 Å². The molecule has 6 atom stereocenters. The van der Waals surface area contributed by atoms with Crippen LogP contribution in [0.25, 0.3) is 27.0 Å². The fourth-order valence-corrected chi connectivity index (χ4v) is 6.80. The molecule has 5 aromatic rings. The SMILES string of the molecule is CO[C@H]1C(C(C)O)O[C@@H](c2nc(C)nn2-c2cc3sc(C)nc3cc2Br)C(O)C1n1cc(-c2cc(F)c(F)c(F)c2)cn1. The van der Waals surface area contributed by atoms with E-state index >= 15 is 0 Å². The molecule has 0 bridgehead atoms. The Morgan fingerprint density at radius 3 is 2.49 bits per heavy atom. The summed E-state index contributed by atoms with van der Waals surface area (Å²) in [5, 5.41) is 32.4. The summed E-state index contributed by atoms with van der Waals surface area (Å²) in [4.78, 5) is 9.14. The summed E-state index contributed by atoms with van der Waals surface area (Å²) in [6.07, 6.45) is -2.55. The Morgan fingerprint density at radius 2 is 1.81 bits per heavy atom. The highest BCUT2D eigenvalue weighted by Gasteiger charge is 2.50. The van der Waals surface area contributed by atoms with Gasteiger partial charge < -0.3 is 19.7 Å². The van der Waals surface area contributed by atoms with E-state index in [4.69, 9.17) is 9.47 Å². The molecule has 1 aliphatic heterocycles. The van der Waals surface area contributed by atoms with Crippen molar-refractivity contribution in [3.05, 3.63) is 75.2 Å². The molecule has 1 fully saturated rings. The lowest BCUT2D eigenvalue weighted by atomic mass is 9.89. The lowest BCUT2D eigenvalue weighted by molar-refractivity contribution is -0.230. The fourth-order valence-electron chi connectivity index (χ4n) is 5.46. The fraction of sp³-hybridized carbons (Fsp3) is 0.357. The lowest BCUT2D eigenvalue weighted by Crippen LogP contribution is -2.56. The second-order valence-corrected chi connectivity index (χ2v) is 12.4. The predicted molar refractivity (Wildman–Crippen MR) is 154 cm³/mol. The van der Waals surface area contributed by atoms with E-state index in [9.17, 15) is 23.4 Å². The van der Waals surface area contributed by atoms with Gasteiger partial charge in [0.15, 0.2) is 23.3 Å². The molecule has 4 heterocycles. The van der Waals surface area contributed by atoms with E-state index in [0.29, 0.717) is 16.0 Å². The molecular weight excluding hydrogens is 653 g/mol. The minimum absolute atomic E-state index is 0.0516. The van der Waals surface area contributed by atoms with Crippen molar-refractivity contribution >= 4 is 37.5 Å². The molecular formula is C28H26BrF3N6O4S. The Hall–Kier alpha value is -3.21. The van der Waals surface area contributed by atoms with Crippen molar-refractivity contribution in [3.8, 4) is 16.8 Å². The Balaban J connectivity index is 1.44. The summed E-state index contributed by atoms with van der Waals surface area (Å²) in [6, 6.07) is 4.56. The first-order valence-electron chi connectivity index (χ1n) is 13.2. The number of hydrogen-bond acceptors (Lipinski definition) is 9. The molecule has 2 N–H and O–H groups in total. The maximum atomic E-state index is 14.0. The molecule has 0 amide bonds. The van der Waals surface area contributed by atoms with Gasteiger partial charge in [-0.3, -0.25) is 4.68 Å². The van der Waals surface area contributed by atoms with Crippen LogP contribution in [-0.2, 0) is 9.47 Å². The number of benzene rings is 2. The van der Waals surface area contributed by atoms with Crippen LogP contribution in [0.1, 0.15) is 35.7 Å². The summed E-state index contributed by atoms with van der Waals surface area (Å²) in [7, 11) is 1.41. The van der Waals surface area contributed by atoms with Crippen molar-refractivity contribution in [1.82, 2.24) is 29.5 Å². The number of hydrogen-bond donors (Lipinski definition) is 2. The van der Waals surface area contributed by atoms with Crippen LogP contribution in [0.2, 0.25) is 0 Å². The van der Waals surface area contributed by atoms with Gasteiger partial charge >= 0.3 is 0 Å². The number of ether oxygens (including phenoxy) is 2. The number of thiazole rings is 1. The second-order valence-electron chi connectivity index (χ2n) is 10.3. The van der Waals surface area contributed by atoms with Gasteiger partial charge in [-0.1, -0.05) is 0 Å². The molecule has 0 aliphatic carbocycles. The van der Waals surface area contributed by atoms with Gasteiger partial charge in [0.2, 0.25) is 0 Å². The molecule has 6 rings (SSSR count). The molecule has 0 radical (unpaired) electrons. The molecule has 15 heteroatoms. The number of halogens is 4. The number of aryl methyl sites for hydroxylation is 2. The Kier molecular flexibility index (Phi) is 7.89. The maximum absolute atomic E-state index is 14.0. The number of aromatic nitrogens is 6. The Morgan fingerprint density at radius 1 is 1.09 bits per heavy atom. The van der Waals surface area contributed by atoms with Crippen molar-refractivity contribution in [2.75, 3.05) is 7.11 Å². The van der Waals surface area contributed by atoms with Crippen LogP contribution in [-0.4, -0.2) is 71.3 Å². The van der Waals surface area contributed by atoms with Crippen LogP contribution < -0.4 is 0 Å². The van der Waals surface area contributed by atoms with Gasteiger partial charge in [0.1, 0.15) is 36.3 Å². The first kappa shape index (κ1) is 29.8. The second kappa shape index (κ2) is 11.4. The molecule has 1 saturated heterocycles. The normalized spacial score (nSPS) is 23.3. The van der Waals surface area contributed by atoms with Crippen molar-refractivity contribution in [1.29, 1.82) is 0 Å². The molecule has 4 unspecified atom stereocenters. The van der Waals surface area contributed by atoms with E-state index in [1.807, 2.05) is 19.1 Å². The van der Waals surface area contributed by atoms with E-state index in [1.54, 1.807) is 11.6 Å². The quantitative estimate of drug-likeness (QED) is 0.242. The van der Waals surface area contributed by atoms with Gasteiger partial charge in [-0.15, -0.1) is 11.3 Å². The number of methoxy groups -OCH3 is 1. The first-order chi connectivity index (χ1) is 20.5. The number of fused-ring (bicyclic) bond motifs is 1. The van der Waals surface area contributed by atoms with E-state index in [2.05, 4.69) is 36.1 Å². The first-order valence-corrected chi connectivity index (χ1v) is 14.8. The minimum atomic E-state index is -1.58. The Labute approximate surface area is 255 Å². The van der Waals surface area contributed by atoms with Crippen molar-refractivity contribution in [2.24, 2.45) is 0 Å². The number of aliphatic hydroxyl groups excluding tert-OH is 2. The van der Waals surface area contributed by atoms with E-state index in [-0.39, 0.29) is 17.0 Å². The topological polar surface area (TPSA) is 120 Å². The summed E-state index contributed by atoms with van der Waals surface area (Å²) >= 11 is 5.14. The zero-order valence-electron chi connectivity index (χ0n) is 23.2. The molecule has 10 nitrogen and oxygen atoms in total. The molecule has 226 valence electrons. The number of rotatable bonds is 6. The lowest BCUT2D eigenvalue weighted by Gasteiger charge is -2.44. The van der Waals surface area contributed by atoms with Gasteiger partial charge in [0, 0.05) is 23.3 Å². The highest BCUT2D eigenvalue weighted by atomic mass is 79.9. The van der Waals surface area contributed by atoms with Crippen LogP contribution in [0.4, 0.5) is 13.2 Å². The van der Waals surface area contributed by atoms with E-state index in [1.165, 1.54) is 42.4 Å².